The Morgan fingerprint density at radius 3 is 1.33 bits per heavy atom. The molecule has 0 unspecified atom stereocenters. The molecule has 0 bridgehead atoms. The molecule has 1 aliphatic rings. The topological polar surface area (TPSA) is 74.8 Å². The number of hydrogen-bond acceptors (Lipinski definition) is 4. The minimum Gasteiger partial charge on any atom is -0.306 e. The fourth-order valence-electron chi connectivity index (χ4n) is 7.24. The Hall–Kier alpha value is -5.42. The summed E-state index contributed by atoms with van der Waals surface area (Å²) in [4.78, 5) is 54.3. The van der Waals surface area contributed by atoms with Gasteiger partial charge in [-0.15, -0.1) is 0 Å². The second-order valence-electron chi connectivity index (χ2n) is 12.4. The number of nitrogens with zero attached hydrogens (tertiary/aromatic N) is 2. The Labute approximate surface area is 328 Å². The molecule has 1 heterocycles. The maximum atomic E-state index is 15.0. The van der Waals surface area contributed by atoms with E-state index in [9.17, 15) is 54.3 Å². The second kappa shape index (κ2) is 12.8. The molecular weight excluding hydrogens is 868 g/mol. The third-order valence-electron chi connectivity index (χ3n) is 9.61. The zero-order valence-corrected chi connectivity index (χ0v) is 30.2. The Balaban J connectivity index is 1.49. The van der Waals surface area contributed by atoms with Crippen LogP contribution in [-0.4, -0.2) is 31.1 Å². The van der Waals surface area contributed by atoms with Crippen LogP contribution in [0.15, 0.2) is 24.3 Å². The van der Waals surface area contributed by atoms with Gasteiger partial charge in [-0.25, -0.2) is 48.8 Å². The van der Waals surface area contributed by atoms with Crippen molar-refractivity contribution in [1.29, 1.82) is 0 Å². The summed E-state index contributed by atoms with van der Waals surface area (Å²) in [6.45, 7) is 0. The number of amides is 3. The van der Waals surface area contributed by atoms with E-state index >= 15 is 8.78 Å². The third-order valence-corrected chi connectivity index (χ3v) is 10.8. The maximum absolute atomic E-state index is 15.0. The number of aldehydes is 1. The monoisotopic (exact) mass is 874 g/mol. The Kier molecular flexibility index (Phi) is 8.63. The minimum atomic E-state index is -2.57. The van der Waals surface area contributed by atoms with Crippen molar-refractivity contribution in [2.24, 2.45) is 0 Å². The smallest absolute Gasteiger partial charge is 0.266 e. The van der Waals surface area contributed by atoms with Crippen molar-refractivity contribution in [3.05, 3.63) is 125 Å². The Bertz CT molecular complexity index is 3010. The van der Waals surface area contributed by atoms with Crippen LogP contribution in [0.3, 0.4) is 0 Å². The van der Waals surface area contributed by atoms with Gasteiger partial charge in [0.25, 0.3) is 17.7 Å². The van der Waals surface area contributed by atoms with E-state index in [4.69, 9.17) is 46.4 Å². The maximum Gasteiger partial charge on any atom is 0.266 e. The number of benzene rings is 7. The lowest BCUT2D eigenvalue weighted by Gasteiger charge is -2.30. The predicted molar refractivity (Wildman–Crippen MR) is 189 cm³/mol. The molecule has 20 heteroatoms. The summed E-state index contributed by atoms with van der Waals surface area (Å²) in [6, 6.07) is 3.64. The number of hydrogen-bond donors (Lipinski definition) is 0. The van der Waals surface area contributed by atoms with Gasteiger partial charge in [-0.2, -0.15) is 0 Å². The van der Waals surface area contributed by atoms with Gasteiger partial charge < -0.3 is 4.90 Å². The van der Waals surface area contributed by atoms with Crippen molar-refractivity contribution in [2.75, 3.05) is 16.8 Å². The summed E-state index contributed by atoms with van der Waals surface area (Å²) in [6.07, 6.45) is 0.210. The molecule has 57 heavy (non-hydrogen) atoms. The standard InChI is InChI=1S/C37H8Cl4F10N2O4/c1-52(33-29(48)25(44)23(42)26(45)30(33)49)35(55)8-3-12(39)18-20-14(41)5-10-16-9(36(56)53(37(10)57)34-31(50)27(46)24(43)28(47)32(34)51)4-13(40)19(22(16)20)17-11(38)2-7(6-54)15(8)21(17)18/h2-6H,1H3. The van der Waals surface area contributed by atoms with Crippen LogP contribution in [0.25, 0.3) is 43.1 Å². The van der Waals surface area contributed by atoms with Crippen LogP contribution >= 0.6 is 46.4 Å². The van der Waals surface area contributed by atoms with E-state index in [1.807, 2.05) is 0 Å². The zero-order valence-electron chi connectivity index (χ0n) is 27.2. The predicted octanol–water partition coefficient (Wildman–Crippen LogP) is 11.6. The van der Waals surface area contributed by atoms with Crippen molar-refractivity contribution < 1.29 is 63.1 Å². The third kappa shape index (κ3) is 4.87. The summed E-state index contributed by atoms with van der Waals surface area (Å²) in [5.41, 5.74) is -5.80. The molecule has 8 rings (SSSR count). The Morgan fingerprint density at radius 2 is 0.895 bits per heavy atom. The molecule has 7 aromatic rings. The fraction of sp³-hybridized carbons (Fsp3) is 0.0270. The molecule has 0 saturated heterocycles. The molecule has 0 aromatic heterocycles. The molecular formula is C37H8Cl4F10N2O4. The highest BCUT2D eigenvalue weighted by Gasteiger charge is 2.42. The van der Waals surface area contributed by atoms with Crippen molar-refractivity contribution in [3.63, 3.8) is 0 Å². The van der Waals surface area contributed by atoms with E-state index in [1.54, 1.807) is 0 Å². The fourth-order valence-corrected chi connectivity index (χ4v) is 8.44. The molecule has 3 amide bonds. The van der Waals surface area contributed by atoms with Crippen LogP contribution in [0, 0.1) is 58.2 Å². The van der Waals surface area contributed by atoms with Gasteiger partial charge in [0.05, 0.1) is 11.1 Å². The van der Waals surface area contributed by atoms with Gasteiger partial charge in [-0.1, -0.05) is 46.4 Å². The molecule has 0 spiro atoms. The number of imide groups is 1. The average Bonchev–Trinajstić information content (AvgIpc) is 3.18. The van der Waals surface area contributed by atoms with Crippen molar-refractivity contribution >= 4 is 125 Å². The molecule has 1 aliphatic heterocycles. The first-order valence-electron chi connectivity index (χ1n) is 15.4. The van der Waals surface area contributed by atoms with Crippen molar-refractivity contribution in [2.45, 2.75) is 0 Å². The molecule has 288 valence electrons. The van der Waals surface area contributed by atoms with Crippen LogP contribution in [0.2, 0.25) is 20.1 Å². The van der Waals surface area contributed by atoms with Gasteiger partial charge in [-0.3, -0.25) is 19.2 Å². The number of halogens is 14. The number of fused-ring (bicyclic) bond motifs is 2. The van der Waals surface area contributed by atoms with Crippen LogP contribution in [-0.2, 0) is 0 Å². The number of carbonyl (C=O) groups is 4. The highest BCUT2D eigenvalue weighted by molar-refractivity contribution is 6.56. The Morgan fingerprint density at radius 1 is 0.526 bits per heavy atom. The van der Waals surface area contributed by atoms with Crippen LogP contribution < -0.4 is 9.80 Å². The molecule has 0 saturated carbocycles. The lowest BCUT2D eigenvalue weighted by molar-refractivity contribution is 0.0888. The summed E-state index contributed by atoms with van der Waals surface area (Å²) in [7, 11) is 0.673. The lowest BCUT2D eigenvalue weighted by Crippen LogP contribution is -2.42. The number of anilines is 2. The van der Waals surface area contributed by atoms with E-state index < -0.39 is 119 Å². The highest BCUT2D eigenvalue weighted by atomic mass is 35.5. The number of carbonyl (C=O) groups excluding carboxylic acids is 4. The molecule has 0 aliphatic carbocycles. The van der Waals surface area contributed by atoms with E-state index in [0.717, 1.165) is 24.3 Å². The molecule has 6 nitrogen and oxygen atoms in total. The van der Waals surface area contributed by atoms with E-state index in [-0.39, 0.29) is 69.8 Å². The average molecular weight is 876 g/mol. The van der Waals surface area contributed by atoms with Gasteiger partial charge in [0.1, 0.15) is 11.4 Å². The van der Waals surface area contributed by atoms with Crippen LogP contribution in [0.1, 0.15) is 41.4 Å². The van der Waals surface area contributed by atoms with Crippen LogP contribution in [0.5, 0.6) is 0 Å². The summed E-state index contributed by atoms with van der Waals surface area (Å²) >= 11 is 27.0. The molecule has 0 N–H and O–H groups in total. The van der Waals surface area contributed by atoms with E-state index in [1.165, 1.54) is 0 Å². The largest absolute Gasteiger partial charge is 0.306 e. The van der Waals surface area contributed by atoms with Gasteiger partial charge >= 0.3 is 0 Å². The first kappa shape index (κ1) is 38.5. The summed E-state index contributed by atoms with van der Waals surface area (Å²) in [5.74, 6) is -29.1. The highest BCUT2D eigenvalue weighted by Crippen LogP contribution is 2.53. The molecule has 0 fully saturated rings. The lowest BCUT2D eigenvalue weighted by atomic mass is 9.82. The first-order valence-corrected chi connectivity index (χ1v) is 16.9. The van der Waals surface area contributed by atoms with Crippen LogP contribution in [0.4, 0.5) is 55.3 Å². The first-order chi connectivity index (χ1) is 26.8. The summed E-state index contributed by atoms with van der Waals surface area (Å²) < 4.78 is 145. The van der Waals surface area contributed by atoms with Gasteiger partial charge in [0.2, 0.25) is 11.6 Å². The van der Waals surface area contributed by atoms with Gasteiger partial charge in [-0.05, 0) is 24.3 Å². The minimum absolute atomic E-state index is 0.0857. The van der Waals surface area contributed by atoms with Crippen molar-refractivity contribution in [3.8, 4) is 0 Å². The molecule has 0 atom stereocenters. The van der Waals surface area contributed by atoms with E-state index in [0.29, 0.717) is 7.05 Å². The van der Waals surface area contributed by atoms with Crippen molar-refractivity contribution in [1.82, 2.24) is 0 Å². The van der Waals surface area contributed by atoms with Gasteiger partial charge in [0, 0.05) is 81.4 Å². The second-order valence-corrected chi connectivity index (χ2v) is 14.1. The molecule has 7 aromatic carbocycles. The normalized spacial score (nSPS) is 13.0. The quantitative estimate of drug-likeness (QED) is 0.0336. The van der Waals surface area contributed by atoms with Gasteiger partial charge in [0.15, 0.2) is 52.8 Å². The zero-order chi connectivity index (χ0) is 41.6. The number of rotatable bonds is 4. The SMILES string of the molecule is CN(C(=O)c1cc(Cl)c2c3c(Cl)cc4c5c(cc(Cl)c(c6c(Cl)cc(C=O)c1c62)c53)C(=O)N(c1c(F)c(F)c(F)c(F)c1F)C4=O)c1c(F)c(F)c(F)c(F)c1F. The summed E-state index contributed by atoms with van der Waals surface area (Å²) in [5, 5.41) is -3.32. The van der Waals surface area contributed by atoms with E-state index in [2.05, 4.69) is 0 Å². The molecule has 0 radical (unpaired) electrons.